The summed E-state index contributed by atoms with van der Waals surface area (Å²) in [5.41, 5.74) is 0.960. The normalized spacial score (nSPS) is 12.2. The molecule has 0 aliphatic carbocycles. The fraction of sp³-hybridized carbons (Fsp3) is 0.286. The molecule has 0 fully saturated rings. The smallest absolute Gasteiger partial charge is 0.359 e. The summed E-state index contributed by atoms with van der Waals surface area (Å²) in [4.78, 5) is 21.9. The predicted molar refractivity (Wildman–Crippen MR) is 131 cm³/mol. The maximum atomic E-state index is 14.2. The molecular formula is C28H26F5N3O. The molecule has 0 saturated heterocycles. The first-order valence-corrected chi connectivity index (χ1v) is 11.7. The monoisotopic (exact) mass is 515 g/mol. The summed E-state index contributed by atoms with van der Waals surface area (Å²) in [5, 5.41) is 0.209. The Hall–Kier alpha value is -3.75. The highest BCUT2D eigenvalue weighted by Crippen LogP contribution is 2.32. The minimum absolute atomic E-state index is 0.00259. The molecule has 0 unspecified atom stereocenters. The van der Waals surface area contributed by atoms with Crippen LogP contribution in [-0.2, 0) is 24.6 Å². The van der Waals surface area contributed by atoms with E-state index in [0.29, 0.717) is 0 Å². The lowest BCUT2D eigenvalue weighted by atomic mass is 9.87. The third-order valence-corrected chi connectivity index (χ3v) is 6.24. The summed E-state index contributed by atoms with van der Waals surface area (Å²) < 4.78 is 67.4. The van der Waals surface area contributed by atoms with Gasteiger partial charge in [0, 0.05) is 24.7 Å². The molecule has 2 aromatic carbocycles. The van der Waals surface area contributed by atoms with Crippen LogP contribution in [0.1, 0.15) is 53.5 Å². The van der Waals surface area contributed by atoms with Gasteiger partial charge >= 0.3 is 6.18 Å². The van der Waals surface area contributed by atoms with E-state index in [9.17, 15) is 26.7 Å². The molecule has 37 heavy (non-hydrogen) atoms. The predicted octanol–water partition coefficient (Wildman–Crippen LogP) is 7.04. The molecule has 4 nitrogen and oxygen atoms in total. The van der Waals surface area contributed by atoms with Crippen LogP contribution in [0.25, 0.3) is 10.9 Å². The van der Waals surface area contributed by atoms with Crippen molar-refractivity contribution in [1.29, 1.82) is 0 Å². The molecule has 2 heterocycles. The van der Waals surface area contributed by atoms with Gasteiger partial charge in [0.25, 0.3) is 5.91 Å². The molecule has 0 radical (unpaired) electrons. The van der Waals surface area contributed by atoms with Crippen molar-refractivity contribution in [3.05, 3.63) is 101 Å². The second-order valence-corrected chi connectivity index (χ2v) is 9.96. The van der Waals surface area contributed by atoms with Crippen molar-refractivity contribution >= 4 is 16.8 Å². The van der Waals surface area contributed by atoms with E-state index in [0.717, 1.165) is 29.5 Å². The molecule has 1 amide bonds. The molecule has 0 atom stereocenters. The lowest BCUT2D eigenvalue weighted by Gasteiger charge is -2.24. The van der Waals surface area contributed by atoms with Crippen molar-refractivity contribution in [1.82, 2.24) is 14.9 Å². The molecule has 4 aromatic rings. The van der Waals surface area contributed by atoms with Crippen molar-refractivity contribution in [3.8, 4) is 0 Å². The molecule has 4 rings (SSSR count). The Kier molecular flexibility index (Phi) is 7.08. The molecule has 0 saturated carbocycles. The second-order valence-electron chi connectivity index (χ2n) is 9.96. The third kappa shape index (κ3) is 5.81. The molecule has 194 valence electrons. The zero-order valence-electron chi connectivity index (χ0n) is 20.6. The van der Waals surface area contributed by atoms with Crippen LogP contribution < -0.4 is 0 Å². The zero-order valence-corrected chi connectivity index (χ0v) is 20.6. The van der Waals surface area contributed by atoms with Gasteiger partial charge in [-0.05, 0) is 46.7 Å². The van der Waals surface area contributed by atoms with Crippen LogP contribution in [0.15, 0.2) is 60.9 Å². The first-order chi connectivity index (χ1) is 17.3. The summed E-state index contributed by atoms with van der Waals surface area (Å²) in [6.45, 7) is 6.43. The minimum Gasteiger partial charge on any atom is -0.359 e. The standard InChI is InChI=1S/C28H26F5N3O/c1-27(2,3)19-7-4-18(5-8-19)16-36(13-11-17-6-9-22(29)21(14-17)28(31,32)33)26(37)25-24-20(10-12-34-24)23(30)15-35-25/h4-10,12,14-15,34H,11,13,16H2,1-3H3. The number of nitrogens with one attached hydrogen (secondary N) is 1. The van der Waals surface area contributed by atoms with Gasteiger partial charge in [-0.1, -0.05) is 51.1 Å². The average Bonchev–Trinajstić information content (AvgIpc) is 3.32. The maximum absolute atomic E-state index is 14.2. The van der Waals surface area contributed by atoms with E-state index < -0.39 is 29.3 Å². The third-order valence-electron chi connectivity index (χ3n) is 6.24. The molecule has 0 spiro atoms. The zero-order chi connectivity index (χ0) is 27.0. The number of benzene rings is 2. The Morgan fingerprint density at radius 1 is 0.946 bits per heavy atom. The van der Waals surface area contributed by atoms with E-state index in [1.807, 2.05) is 24.3 Å². The SMILES string of the molecule is CC(C)(C)c1ccc(CN(CCc2ccc(F)c(C(F)(F)F)c2)C(=O)c2ncc(F)c3cc[nH]c23)cc1. The van der Waals surface area contributed by atoms with E-state index in [4.69, 9.17) is 0 Å². The van der Waals surface area contributed by atoms with Gasteiger partial charge in [-0.15, -0.1) is 0 Å². The van der Waals surface area contributed by atoms with E-state index in [1.165, 1.54) is 23.2 Å². The number of halogens is 5. The van der Waals surface area contributed by atoms with Crippen molar-refractivity contribution in [3.63, 3.8) is 0 Å². The number of rotatable bonds is 6. The van der Waals surface area contributed by atoms with Gasteiger partial charge in [0.1, 0.15) is 5.82 Å². The van der Waals surface area contributed by atoms with E-state index in [-0.39, 0.29) is 47.1 Å². The van der Waals surface area contributed by atoms with Crippen LogP contribution in [-0.4, -0.2) is 27.3 Å². The number of hydrogen-bond donors (Lipinski definition) is 1. The van der Waals surface area contributed by atoms with E-state index in [2.05, 4.69) is 30.7 Å². The molecule has 9 heteroatoms. The van der Waals surface area contributed by atoms with Crippen LogP contribution in [0.2, 0.25) is 0 Å². The van der Waals surface area contributed by atoms with Crippen molar-refractivity contribution < 1.29 is 26.7 Å². The van der Waals surface area contributed by atoms with Crippen LogP contribution in [0, 0.1) is 11.6 Å². The number of hydrogen-bond acceptors (Lipinski definition) is 2. The highest BCUT2D eigenvalue weighted by molar-refractivity contribution is 6.03. The molecule has 0 aliphatic rings. The van der Waals surface area contributed by atoms with Crippen LogP contribution in [0.4, 0.5) is 22.0 Å². The minimum atomic E-state index is -4.83. The molecule has 0 bridgehead atoms. The number of H-pyrrole nitrogens is 1. The Balaban J connectivity index is 1.65. The number of aromatic nitrogens is 2. The van der Waals surface area contributed by atoms with Crippen molar-refractivity contribution in [2.75, 3.05) is 6.54 Å². The Morgan fingerprint density at radius 3 is 2.27 bits per heavy atom. The Bertz CT molecular complexity index is 1420. The first kappa shape index (κ1) is 26.3. The highest BCUT2D eigenvalue weighted by Gasteiger charge is 2.34. The van der Waals surface area contributed by atoms with Gasteiger partial charge in [0.15, 0.2) is 11.5 Å². The summed E-state index contributed by atoms with van der Waals surface area (Å²) in [6.07, 6.45) is -2.32. The number of alkyl halides is 3. The number of pyridine rings is 1. The molecule has 1 N–H and O–H groups in total. The van der Waals surface area contributed by atoms with Crippen LogP contribution in [0.3, 0.4) is 0 Å². The fourth-order valence-corrected chi connectivity index (χ4v) is 4.12. The van der Waals surface area contributed by atoms with E-state index >= 15 is 0 Å². The van der Waals surface area contributed by atoms with Crippen LogP contribution >= 0.6 is 0 Å². The maximum Gasteiger partial charge on any atom is 0.419 e. The van der Waals surface area contributed by atoms with Gasteiger partial charge in [-0.2, -0.15) is 13.2 Å². The number of fused-ring (bicyclic) bond motifs is 1. The highest BCUT2D eigenvalue weighted by atomic mass is 19.4. The lowest BCUT2D eigenvalue weighted by molar-refractivity contribution is -0.140. The molecule has 2 aromatic heterocycles. The number of carbonyl (C=O) groups excluding carboxylic acids is 1. The summed E-state index contributed by atoms with van der Waals surface area (Å²) in [5.74, 6) is -2.44. The van der Waals surface area contributed by atoms with Crippen molar-refractivity contribution in [2.24, 2.45) is 0 Å². The Morgan fingerprint density at radius 2 is 1.62 bits per heavy atom. The number of aromatic amines is 1. The lowest BCUT2D eigenvalue weighted by Crippen LogP contribution is -2.33. The van der Waals surface area contributed by atoms with Gasteiger partial charge in [0.2, 0.25) is 0 Å². The van der Waals surface area contributed by atoms with Crippen molar-refractivity contribution in [2.45, 2.75) is 45.3 Å². The molecular weight excluding hydrogens is 489 g/mol. The first-order valence-electron chi connectivity index (χ1n) is 11.7. The summed E-state index contributed by atoms with van der Waals surface area (Å²) in [7, 11) is 0. The topological polar surface area (TPSA) is 49.0 Å². The largest absolute Gasteiger partial charge is 0.419 e. The summed E-state index contributed by atoms with van der Waals surface area (Å²) in [6, 6.07) is 12.0. The number of amides is 1. The van der Waals surface area contributed by atoms with Gasteiger partial charge in [-0.3, -0.25) is 4.79 Å². The second kappa shape index (κ2) is 9.95. The number of carbonyl (C=O) groups is 1. The van der Waals surface area contributed by atoms with Gasteiger partial charge < -0.3 is 9.88 Å². The average molecular weight is 516 g/mol. The van der Waals surface area contributed by atoms with Crippen LogP contribution in [0.5, 0.6) is 0 Å². The molecule has 0 aliphatic heterocycles. The Labute approximate surface area is 211 Å². The fourth-order valence-electron chi connectivity index (χ4n) is 4.12. The number of nitrogens with zero attached hydrogens (tertiary/aromatic N) is 2. The van der Waals surface area contributed by atoms with Gasteiger partial charge in [-0.25, -0.2) is 13.8 Å². The quantitative estimate of drug-likeness (QED) is 0.280. The van der Waals surface area contributed by atoms with Gasteiger partial charge in [0.05, 0.1) is 17.3 Å². The van der Waals surface area contributed by atoms with E-state index in [1.54, 1.807) is 0 Å². The summed E-state index contributed by atoms with van der Waals surface area (Å²) >= 11 is 0.